The SMILES string of the molecule is COC(=O)[C@@H](Cc1ccccc1)NC(=O)[C@@H]1OC(C)(C)O[C@H]1[C@H]1OC(C)(C)O[C@@H]1CNC(=O)[C@@H](Cc1ccccc1)NC(=O)[C@@H]1OC(C)(C)O[C@H]1[C@H]1OC(C)(C)O[C@@H]1CNC(=O)[C@@H](Cc1ccccc1)NC(=O)[C@@H]1OC(C)(C)O[C@H]1[C@H]1OC(C)(C)O[C@@H]1CN=[N+]=[N-]. The van der Waals surface area contributed by atoms with Crippen molar-refractivity contribution in [1.29, 1.82) is 0 Å². The van der Waals surface area contributed by atoms with Gasteiger partial charge in [-0.2, -0.15) is 0 Å². The molecular weight excluding hydrogens is 1180 g/mol. The van der Waals surface area contributed by atoms with Gasteiger partial charge in [-0.1, -0.05) is 96.1 Å². The van der Waals surface area contributed by atoms with Crippen LogP contribution in [0.25, 0.3) is 10.4 Å². The molecular formula is C64H86N8O19. The van der Waals surface area contributed by atoms with Crippen LogP contribution in [0, 0.1) is 0 Å². The Morgan fingerprint density at radius 1 is 0.429 bits per heavy atom. The molecule has 6 heterocycles. The number of nitrogens with one attached hydrogen (secondary N) is 5. The molecule has 27 heteroatoms. The first-order valence-corrected chi connectivity index (χ1v) is 30.6. The summed E-state index contributed by atoms with van der Waals surface area (Å²) < 4.78 is 80.8. The quantitative estimate of drug-likeness (QED) is 0.0366. The minimum atomic E-state index is -1.40. The second-order valence-electron chi connectivity index (χ2n) is 26.2. The molecule has 0 aromatic heterocycles. The lowest BCUT2D eigenvalue weighted by Gasteiger charge is -2.28. The zero-order valence-electron chi connectivity index (χ0n) is 53.7. The molecule has 6 aliphatic rings. The lowest BCUT2D eigenvalue weighted by molar-refractivity contribution is -0.175. The van der Waals surface area contributed by atoms with Crippen LogP contribution in [0.1, 0.15) is 99.8 Å². The van der Waals surface area contributed by atoms with E-state index in [1.807, 2.05) is 78.9 Å². The van der Waals surface area contributed by atoms with E-state index in [9.17, 15) is 28.8 Å². The monoisotopic (exact) mass is 1270 g/mol. The second kappa shape index (κ2) is 27.9. The van der Waals surface area contributed by atoms with E-state index in [1.165, 1.54) is 7.11 Å². The third-order valence-corrected chi connectivity index (χ3v) is 16.0. The molecule has 0 radical (unpaired) electrons. The molecule has 9 rings (SSSR count). The number of amides is 5. The van der Waals surface area contributed by atoms with Gasteiger partial charge in [-0.15, -0.1) is 0 Å². The summed E-state index contributed by atoms with van der Waals surface area (Å²) in [7, 11) is 1.23. The molecule has 0 spiro atoms. The number of methoxy groups -OCH3 is 1. The van der Waals surface area contributed by atoms with Crippen LogP contribution in [0.2, 0.25) is 0 Å². The summed E-state index contributed by atoms with van der Waals surface area (Å²) in [6.45, 7) is 19.4. The second-order valence-corrected chi connectivity index (χ2v) is 26.2. The van der Waals surface area contributed by atoms with Gasteiger partial charge >= 0.3 is 5.97 Å². The number of hydrogen-bond donors (Lipinski definition) is 5. The summed E-state index contributed by atoms with van der Waals surface area (Å²) >= 11 is 0. The fourth-order valence-corrected chi connectivity index (χ4v) is 12.4. The summed E-state index contributed by atoms with van der Waals surface area (Å²) in [5, 5.41) is 18.2. The van der Waals surface area contributed by atoms with E-state index in [-0.39, 0.29) is 38.9 Å². The standard InChI is InChI=1S/C64H86N8O19/c1-59(2)80-41(32-66-54(74)39(30-36-25-19-15-20-26-36)70-56(76)51-49(88-64(11,12)90-51)46-43(34-68-72-65)82-61(5,6)85-46)44(83-59)47-50(89-62(7,8)86-47)55(75)69-38(29-35-23-17-14-18-24-35)53(73)67-33-42-45(84-60(3,4)81-42)48-52(91-63(9,10)87-48)57(77)71-40(58(78)79-13)31-37-27-21-16-22-28-37/h14-28,38-52H,29-34H2,1-13H3,(H,66,74)(H,67,73)(H,69,75)(H,70,76)(H,71,77)/t38-,39-,40-,41-,42-,43-,44+,45+,46+,47+,48+,49+,50-,51-,52-/m1/s1. The van der Waals surface area contributed by atoms with Crippen molar-refractivity contribution in [1.82, 2.24) is 26.6 Å². The Balaban J connectivity index is 0.894. The zero-order chi connectivity index (χ0) is 65.8. The number of esters is 1. The van der Waals surface area contributed by atoms with E-state index in [4.69, 9.17) is 67.1 Å². The molecule has 27 nitrogen and oxygen atoms in total. The Bertz CT molecular complexity index is 3110. The highest BCUT2D eigenvalue weighted by Gasteiger charge is 2.60. The fourth-order valence-electron chi connectivity index (χ4n) is 12.4. The number of carbonyl (C=O) groups excluding carboxylic acids is 6. The van der Waals surface area contributed by atoms with Gasteiger partial charge in [0, 0.05) is 37.3 Å². The molecule has 15 atom stereocenters. The van der Waals surface area contributed by atoms with Crippen LogP contribution in [0.5, 0.6) is 0 Å². The van der Waals surface area contributed by atoms with Gasteiger partial charge in [0.15, 0.2) is 53.0 Å². The molecule has 6 saturated heterocycles. The molecule has 5 amide bonds. The highest BCUT2D eigenvalue weighted by atomic mass is 16.8. The summed E-state index contributed by atoms with van der Waals surface area (Å²) in [5.41, 5.74) is 11.4. The van der Waals surface area contributed by atoms with E-state index in [0.29, 0.717) is 5.56 Å². The predicted molar refractivity (Wildman–Crippen MR) is 321 cm³/mol. The molecule has 91 heavy (non-hydrogen) atoms. The van der Waals surface area contributed by atoms with E-state index in [2.05, 4.69) is 36.6 Å². The van der Waals surface area contributed by atoms with Crippen molar-refractivity contribution in [3.05, 3.63) is 118 Å². The molecule has 0 saturated carbocycles. The summed E-state index contributed by atoms with van der Waals surface area (Å²) in [6, 6.07) is 23.8. The van der Waals surface area contributed by atoms with Crippen molar-refractivity contribution in [2.24, 2.45) is 5.11 Å². The highest BCUT2D eigenvalue weighted by molar-refractivity contribution is 5.91. The predicted octanol–water partition coefficient (Wildman–Crippen LogP) is 4.01. The number of nitrogens with zero attached hydrogens (tertiary/aromatic N) is 3. The van der Waals surface area contributed by atoms with Crippen LogP contribution in [0.15, 0.2) is 96.1 Å². The van der Waals surface area contributed by atoms with Crippen molar-refractivity contribution < 1.29 is 90.3 Å². The van der Waals surface area contributed by atoms with Crippen LogP contribution in [-0.2, 0) is 110 Å². The molecule has 0 bridgehead atoms. The first-order valence-electron chi connectivity index (χ1n) is 30.6. The molecule has 5 N–H and O–H groups in total. The lowest BCUT2D eigenvalue weighted by atomic mass is 9.99. The Morgan fingerprint density at radius 3 is 1.04 bits per heavy atom. The normalized spacial score (nSPS) is 30.6. The number of benzene rings is 3. The molecule has 6 aliphatic heterocycles. The first-order chi connectivity index (χ1) is 42.8. The van der Waals surface area contributed by atoms with Gasteiger partial charge in [-0.25, -0.2) is 4.79 Å². The minimum Gasteiger partial charge on any atom is -0.467 e. The maximum absolute atomic E-state index is 14.9. The van der Waals surface area contributed by atoms with Crippen LogP contribution >= 0.6 is 0 Å². The van der Waals surface area contributed by atoms with E-state index in [0.717, 1.165) is 11.1 Å². The summed E-state index contributed by atoms with van der Waals surface area (Å²) in [5.74, 6) is -11.5. The molecule has 496 valence electrons. The van der Waals surface area contributed by atoms with Crippen LogP contribution < -0.4 is 26.6 Å². The average Bonchev–Trinajstić information content (AvgIpc) is 1.64. The van der Waals surface area contributed by atoms with E-state index >= 15 is 0 Å². The number of hydrogen-bond acceptors (Lipinski definition) is 20. The smallest absolute Gasteiger partial charge is 0.328 e. The first kappa shape index (κ1) is 68.7. The van der Waals surface area contributed by atoms with Crippen molar-refractivity contribution in [3.8, 4) is 0 Å². The Labute approximate surface area is 529 Å². The van der Waals surface area contributed by atoms with Crippen LogP contribution in [0.3, 0.4) is 0 Å². The molecule has 0 aliphatic carbocycles. The average molecular weight is 1270 g/mol. The van der Waals surface area contributed by atoms with Gasteiger partial charge in [0.05, 0.1) is 19.8 Å². The topological polar surface area (TPSA) is 331 Å². The zero-order valence-corrected chi connectivity index (χ0v) is 53.7. The molecule has 0 unspecified atom stereocenters. The van der Waals surface area contributed by atoms with Crippen molar-refractivity contribution in [2.45, 2.75) is 228 Å². The number of carbonyl (C=O) groups is 6. The van der Waals surface area contributed by atoms with Gasteiger partial charge in [-0.3, -0.25) is 24.0 Å². The number of ether oxygens (including phenoxy) is 13. The van der Waals surface area contributed by atoms with Crippen LogP contribution in [-0.4, -0.2) is 188 Å². The minimum absolute atomic E-state index is 0.0277. The third kappa shape index (κ3) is 17.5. The summed E-state index contributed by atoms with van der Waals surface area (Å²) in [6.07, 6.45) is -12.8. The third-order valence-electron chi connectivity index (χ3n) is 16.0. The van der Waals surface area contributed by atoms with Crippen LogP contribution in [0.4, 0.5) is 0 Å². The van der Waals surface area contributed by atoms with Crippen molar-refractivity contribution >= 4 is 35.5 Å². The maximum atomic E-state index is 14.9. The van der Waals surface area contributed by atoms with E-state index < -0.39 is 162 Å². The van der Waals surface area contributed by atoms with E-state index in [1.54, 1.807) is 95.2 Å². The van der Waals surface area contributed by atoms with Gasteiger partial charge < -0.3 is 88.2 Å². The molecule has 6 fully saturated rings. The number of azide groups is 1. The fraction of sp³-hybridized carbons (Fsp3) is 0.625. The van der Waals surface area contributed by atoms with Crippen molar-refractivity contribution in [2.75, 3.05) is 26.7 Å². The highest BCUT2D eigenvalue weighted by Crippen LogP contribution is 2.42. The Kier molecular flexibility index (Phi) is 21.0. The lowest BCUT2D eigenvalue weighted by Crippen LogP contribution is -2.57. The summed E-state index contributed by atoms with van der Waals surface area (Å²) in [4.78, 5) is 88.9. The maximum Gasteiger partial charge on any atom is 0.328 e. The van der Waals surface area contributed by atoms with Gasteiger partial charge in [0.2, 0.25) is 11.8 Å². The van der Waals surface area contributed by atoms with Gasteiger partial charge in [0.25, 0.3) is 17.7 Å². The largest absolute Gasteiger partial charge is 0.467 e. The Morgan fingerprint density at radius 2 is 0.714 bits per heavy atom. The Hall–Kier alpha value is -6.69. The molecule has 3 aromatic rings. The molecule has 3 aromatic carbocycles. The number of rotatable bonds is 24. The van der Waals surface area contributed by atoms with Gasteiger partial charge in [-0.05, 0) is 105 Å². The van der Waals surface area contributed by atoms with Gasteiger partial charge in [0.1, 0.15) is 67.0 Å². The van der Waals surface area contributed by atoms with Crippen molar-refractivity contribution in [3.63, 3.8) is 0 Å².